The van der Waals surface area contributed by atoms with Crippen LogP contribution in [0.4, 0.5) is 0 Å². The van der Waals surface area contributed by atoms with Crippen molar-refractivity contribution in [2.75, 3.05) is 26.4 Å². The molecule has 3 heteroatoms. The standard InChI is InChI=1S/C5H12O2.C4H10O/c1-5(2,3-6)4-7;1-3-5-4-2/h6-7H,3-4H2,1-2H3;3-4H2,1-2H3. The summed E-state index contributed by atoms with van der Waals surface area (Å²) in [5.74, 6) is 0. The largest absolute Gasteiger partial charge is 0.396 e. The highest BCUT2D eigenvalue weighted by Crippen LogP contribution is 2.10. The van der Waals surface area contributed by atoms with Gasteiger partial charge in [-0.05, 0) is 13.8 Å². The van der Waals surface area contributed by atoms with Gasteiger partial charge in [-0.3, -0.25) is 0 Å². The third-order valence-electron chi connectivity index (χ3n) is 1.26. The number of rotatable bonds is 4. The third kappa shape index (κ3) is 12.5. The lowest BCUT2D eigenvalue weighted by molar-refractivity contribution is 0.0857. The summed E-state index contributed by atoms with van der Waals surface area (Å²) in [6.45, 7) is 9.35. The molecular weight excluding hydrogens is 156 g/mol. The SMILES string of the molecule is CC(C)(CO)CO.CCOCC. The molecule has 76 valence electrons. The summed E-state index contributed by atoms with van der Waals surface area (Å²) in [6, 6.07) is 0. The summed E-state index contributed by atoms with van der Waals surface area (Å²) in [6.07, 6.45) is 0. The van der Waals surface area contributed by atoms with Gasteiger partial charge in [0, 0.05) is 18.6 Å². The Morgan fingerprint density at radius 2 is 1.33 bits per heavy atom. The van der Waals surface area contributed by atoms with Crippen LogP contribution >= 0.6 is 0 Å². The zero-order valence-electron chi connectivity index (χ0n) is 8.63. The van der Waals surface area contributed by atoms with Crippen molar-refractivity contribution in [1.82, 2.24) is 0 Å². The molecule has 3 nitrogen and oxygen atoms in total. The van der Waals surface area contributed by atoms with Gasteiger partial charge < -0.3 is 14.9 Å². The Balaban J connectivity index is 0. The lowest BCUT2D eigenvalue weighted by atomic mass is 9.97. The van der Waals surface area contributed by atoms with Crippen molar-refractivity contribution in [1.29, 1.82) is 0 Å². The maximum Gasteiger partial charge on any atom is 0.0504 e. The van der Waals surface area contributed by atoms with Crippen LogP contribution in [0.2, 0.25) is 0 Å². The van der Waals surface area contributed by atoms with E-state index in [-0.39, 0.29) is 18.6 Å². The van der Waals surface area contributed by atoms with Gasteiger partial charge in [-0.25, -0.2) is 0 Å². The van der Waals surface area contributed by atoms with Crippen LogP contribution in [0.3, 0.4) is 0 Å². The maximum absolute atomic E-state index is 8.43. The molecule has 12 heavy (non-hydrogen) atoms. The zero-order valence-corrected chi connectivity index (χ0v) is 8.63. The van der Waals surface area contributed by atoms with Gasteiger partial charge in [-0.2, -0.15) is 0 Å². The van der Waals surface area contributed by atoms with Crippen molar-refractivity contribution >= 4 is 0 Å². The first-order valence-corrected chi connectivity index (χ1v) is 4.33. The molecule has 0 spiro atoms. The summed E-state index contributed by atoms with van der Waals surface area (Å²) < 4.78 is 4.83. The average molecular weight is 178 g/mol. The molecule has 0 aromatic carbocycles. The van der Waals surface area contributed by atoms with Gasteiger partial charge in [0.1, 0.15) is 0 Å². The predicted molar refractivity (Wildman–Crippen MR) is 50.1 cm³/mol. The minimum Gasteiger partial charge on any atom is -0.396 e. The van der Waals surface area contributed by atoms with Gasteiger partial charge in [-0.1, -0.05) is 13.8 Å². The average Bonchev–Trinajstić information content (AvgIpc) is 2.07. The Hall–Kier alpha value is -0.120. The van der Waals surface area contributed by atoms with Gasteiger partial charge >= 0.3 is 0 Å². The second-order valence-corrected chi connectivity index (χ2v) is 3.26. The van der Waals surface area contributed by atoms with Crippen molar-refractivity contribution in [3.63, 3.8) is 0 Å². The van der Waals surface area contributed by atoms with E-state index in [1.807, 2.05) is 13.8 Å². The molecule has 0 rings (SSSR count). The molecular formula is C9H22O3. The van der Waals surface area contributed by atoms with Crippen molar-refractivity contribution in [2.45, 2.75) is 27.7 Å². The Bertz CT molecular complexity index is 73.8. The van der Waals surface area contributed by atoms with E-state index < -0.39 is 0 Å². The van der Waals surface area contributed by atoms with Crippen molar-refractivity contribution in [3.8, 4) is 0 Å². The minimum absolute atomic E-state index is 0.0451. The second-order valence-electron chi connectivity index (χ2n) is 3.26. The molecule has 0 unspecified atom stereocenters. The van der Waals surface area contributed by atoms with E-state index in [9.17, 15) is 0 Å². The molecule has 0 aliphatic carbocycles. The molecule has 0 aliphatic heterocycles. The van der Waals surface area contributed by atoms with E-state index in [4.69, 9.17) is 14.9 Å². The molecule has 0 amide bonds. The van der Waals surface area contributed by atoms with Crippen molar-refractivity contribution < 1.29 is 14.9 Å². The third-order valence-corrected chi connectivity index (χ3v) is 1.26. The molecule has 0 atom stereocenters. The first kappa shape index (κ1) is 14.4. The number of aliphatic hydroxyl groups excluding tert-OH is 2. The Morgan fingerprint density at radius 3 is 1.33 bits per heavy atom. The molecule has 0 heterocycles. The van der Waals surface area contributed by atoms with Gasteiger partial charge in [0.25, 0.3) is 0 Å². The van der Waals surface area contributed by atoms with Crippen LogP contribution < -0.4 is 0 Å². The Kier molecular flexibility index (Phi) is 10.8. The zero-order chi connectivity index (χ0) is 10.0. The van der Waals surface area contributed by atoms with Crippen LogP contribution in [0, 0.1) is 5.41 Å². The summed E-state index contributed by atoms with van der Waals surface area (Å²) in [7, 11) is 0. The molecule has 0 aromatic rings. The monoisotopic (exact) mass is 178 g/mol. The fourth-order valence-electron chi connectivity index (χ4n) is 0.254. The smallest absolute Gasteiger partial charge is 0.0504 e. The Labute approximate surface area is 75.4 Å². The normalized spacial score (nSPS) is 10.5. The number of ether oxygens (including phenoxy) is 1. The van der Waals surface area contributed by atoms with E-state index in [1.54, 1.807) is 13.8 Å². The van der Waals surface area contributed by atoms with Crippen LogP contribution in [0.1, 0.15) is 27.7 Å². The first-order valence-electron chi connectivity index (χ1n) is 4.33. The van der Waals surface area contributed by atoms with Gasteiger partial charge in [0.2, 0.25) is 0 Å². The van der Waals surface area contributed by atoms with Crippen LogP contribution in [0.15, 0.2) is 0 Å². The Morgan fingerprint density at radius 1 is 1.00 bits per heavy atom. The highest BCUT2D eigenvalue weighted by molar-refractivity contribution is 4.62. The van der Waals surface area contributed by atoms with E-state index in [0.717, 1.165) is 13.2 Å². The van der Waals surface area contributed by atoms with Gasteiger partial charge in [-0.15, -0.1) is 0 Å². The number of hydrogen-bond donors (Lipinski definition) is 2. The molecule has 0 aliphatic rings. The fraction of sp³-hybridized carbons (Fsp3) is 1.00. The second kappa shape index (κ2) is 8.97. The van der Waals surface area contributed by atoms with E-state index >= 15 is 0 Å². The topological polar surface area (TPSA) is 49.7 Å². The molecule has 2 N–H and O–H groups in total. The molecule has 0 aromatic heterocycles. The highest BCUT2D eigenvalue weighted by Gasteiger charge is 2.13. The van der Waals surface area contributed by atoms with E-state index in [2.05, 4.69) is 0 Å². The summed E-state index contributed by atoms with van der Waals surface area (Å²) in [5.41, 5.74) is -0.306. The molecule has 0 radical (unpaired) electrons. The van der Waals surface area contributed by atoms with Crippen LogP contribution in [-0.4, -0.2) is 36.6 Å². The summed E-state index contributed by atoms with van der Waals surface area (Å²) >= 11 is 0. The number of hydrogen-bond acceptors (Lipinski definition) is 3. The van der Waals surface area contributed by atoms with Gasteiger partial charge in [0.15, 0.2) is 0 Å². The fourth-order valence-corrected chi connectivity index (χ4v) is 0.254. The predicted octanol–water partition coefficient (Wildman–Crippen LogP) is 1.04. The molecule has 0 fully saturated rings. The quantitative estimate of drug-likeness (QED) is 0.676. The molecule has 0 saturated carbocycles. The summed E-state index contributed by atoms with van der Waals surface area (Å²) in [4.78, 5) is 0. The summed E-state index contributed by atoms with van der Waals surface area (Å²) in [5, 5.41) is 16.9. The number of aliphatic hydroxyl groups is 2. The van der Waals surface area contributed by atoms with Crippen molar-refractivity contribution in [2.24, 2.45) is 5.41 Å². The maximum atomic E-state index is 8.43. The first-order chi connectivity index (χ1) is 5.54. The minimum atomic E-state index is -0.306. The lowest BCUT2D eigenvalue weighted by Gasteiger charge is -2.16. The van der Waals surface area contributed by atoms with Crippen LogP contribution in [-0.2, 0) is 4.74 Å². The molecule has 0 saturated heterocycles. The highest BCUT2D eigenvalue weighted by atomic mass is 16.5. The van der Waals surface area contributed by atoms with Crippen molar-refractivity contribution in [3.05, 3.63) is 0 Å². The van der Waals surface area contributed by atoms with Crippen LogP contribution in [0.5, 0.6) is 0 Å². The van der Waals surface area contributed by atoms with E-state index in [1.165, 1.54) is 0 Å². The van der Waals surface area contributed by atoms with E-state index in [0.29, 0.717) is 0 Å². The molecule has 0 bridgehead atoms. The van der Waals surface area contributed by atoms with Gasteiger partial charge in [0.05, 0.1) is 13.2 Å². The van der Waals surface area contributed by atoms with Crippen LogP contribution in [0.25, 0.3) is 0 Å². The lowest BCUT2D eigenvalue weighted by Crippen LogP contribution is -2.20.